The highest BCUT2D eigenvalue weighted by molar-refractivity contribution is 6.31. The Labute approximate surface area is 129 Å². The van der Waals surface area contributed by atoms with Crippen LogP contribution in [0.3, 0.4) is 0 Å². The van der Waals surface area contributed by atoms with E-state index in [9.17, 15) is 4.79 Å². The van der Waals surface area contributed by atoms with Crippen LogP contribution >= 0.6 is 11.6 Å². The van der Waals surface area contributed by atoms with Gasteiger partial charge in [0.25, 0.3) is 0 Å². The average molecular weight is 304 g/mol. The summed E-state index contributed by atoms with van der Waals surface area (Å²) in [6, 6.07) is 7.67. The monoisotopic (exact) mass is 303 g/mol. The lowest BCUT2D eigenvalue weighted by atomic mass is 9.95. The van der Waals surface area contributed by atoms with E-state index in [0.717, 1.165) is 23.8 Å². The molecule has 1 aromatic heterocycles. The van der Waals surface area contributed by atoms with E-state index < -0.39 is 0 Å². The SMILES string of the molecule is O=C(C=Cc1cc2cc(Cl)ccc2o1)NC1CCCCC1. The molecule has 1 aromatic carbocycles. The second-order valence-electron chi connectivity index (χ2n) is 5.51. The van der Waals surface area contributed by atoms with Gasteiger partial charge in [-0.3, -0.25) is 4.79 Å². The quantitative estimate of drug-likeness (QED) is 0.845. The molecule has 3 nitrogen and oxygen atoms in total. The van der Waals surface area contributed by atoms with Crippen LogP contribution in [0.1, 0.15) is 37.9 Å². The molecule has 1 amide bonds. The first kappa shape index (κ1) is 14.2. The molecule has 0 saturated heterocycles. The van der Waals surface area contributed by atoms with Gasteiger partial charge < -0.3 is 9.73 Å². The molecule has 1 aliphatic rings. The summed E-state index contributed by atoms with van der Waals surface area (Å²) in [4.78, 5) is 11.9. The third-order valence-corrected chi connectivity index (χ3v) is 4.08. The molecule has 3 rings (SSSR count). The zero-order valence-corrected chi connectivity index (χ0v) is 12.5. The Morgan fingerprint density at radius 3 is 2.86 bits per heavy atom. The lowest BCUT2D eigenvalue weighted by molar-refractivity contribution is -0.117. The molecular formula is C17H18ClNO2. The van der Waals surface area contributed by atoms with Gasteiger partial charge in [0.1, 0.15) is 11.3 Å². The molecule has 0 radical (unpaired) electrons. The summed E-state index contributed by atoms with van der Waals surface area (Å²) in [7, 11) is 0. The number of benzene rings is 1. The summed E-state index contributed by atoms with van der Waals surface area (Å²) < 4.78 is 5.64. The van der Waals surface area contributed by atoms with Crippen molar-refractivity contribution in [3.05, 3.63) is 41.1 Å². The summed E-state index contributed by atoms with van der Waals surface area (Å²) >= 11 is 5.94. The molecule has 0 spiro atoms. The maximum absolute atomic E-state index is 11.9. The smallest absolute Gasteiger partial charge is 0.244 e. The number of carbonyl (C=O) groups is 1. The summed E-state index contributed by atoms with van der Waals surface area (Å²) in [5, 5.41) is 4.66. The van der Waals surface area contributed by atoms with Crippen LogP contribution in [0.15, 0.2) is 34.8 Å². The van der Waals surface area contributed by atoms with Crippen LogP contribution in [0.4, 0.5) is 0 Å². The van der Waals surface area contributed by atoms with Gasteiger partial charge >= 0.3 is 0 Å². The first-order chi connectivity index (χ1) is 10.2. The second kappa shape index (κ2) is 6.35. The standard InChI is InChI=1S/C17H18ClNO2/c18-13-6-8-16-12(10-13)11-15(21-16)7-9-17(20)19-14-4-2-1-3-5-14/h6-11,14H,1-5H2,(H,19,20). The minimum absolute atomic E-state index is 0.0552. The third kappa shape index (κ3) is 3.67. The number of amides is 1. The van der Waals surface area contributed by atoms with Gasteiger partial charge in [-0.15, -0.1) is 0 Å². The maximum Gasteiger partial charge on any atom is 0.244 e. The van der Waals surface area contributed by atoms with Crippen LogP contribution in [-0.2, 0) is 4.79 Å². The summed E-state index contributed by atoms with van der Waals surface area (Å²) in [5.41, 5.74) is 0.770. The van der Waals surface area contributed by atoms with E-state index in [-0.39, 0.29) is 5.91 Å². The van der Waals surface area contributed by atoms with Gasteiger partial charge in [0.15, 0.2) is 0 Å². The van der Waals surface area contributed by atoms with Gasteiger partial charge in [0, 0.05) is 22.5 Å². The van der Waals surface area contributed by atoms with Crippen molar-refractivity contribution in [3.63, 3.8) is 0 Å². The third-order valence-electron chi connectivity index (χ3n) is 3.85. The van der Waals surface area contributed by atoms with Crippen molar-refractivity contribution in [1.29, 1.82) is 0 Å². The Morgan fingerprint density at radius 1 is 1.24 bits per heavy atom. The van der Waals surface area contributed by atoms with Crippen LogP contribution < -0.4 is 5.32 Å². The van der Waals surface area contributed by atoms with Gasteiger partial charge in [-0.1, -0.05) is 30.9 Å². The highest BCUT2D eigenvalue weighted by Crippen LogP contribution is 2.23. The molecule has 1 saturated carbocycles. The van der Waals surface area contributed by atoms with E-state index in [1.54, 1.807) is 12.1 Å². The molecule has 1 fully saturated rings. The summed E-state index contributed by atoms with van der Waals surface area (Å²) in [5.74, 6) is 0.603. The molecule has 21 heavy (non-hydrogen) atoms. The number of rotatable bonds is 3. The first-order valence-electron chi connectivity index (χ1n) is 7.38. The normalized spacial score (nSPS) is 16.6. The van der Waals surface area contributed by atoms with Crippen LogP contribution in [0.5, 0.6) is 0 Å². The van der Waals surface area contributed by atoms with E-state index >= 15 is 0 Å². The van der Waals surface area contributed by atoms with E-state index in [1.165, 1.54) is 25.3 Å². The molecule has 0 bridgehead atoms. The van der Waals surface area contributed by atoms with Crippen LogP contribution in [0.25, 0.3) is 17.0 Å². The lowest BCUT2D eigenvalue weighted by Gasteiger charge is -2.21. The first-order valence-corrected chi connectivity index (χ1v) is 7.76. The Morgan fingerprint density at radius 2 is 2.05 bits per heavy atom. The number of furan rings is 1. The fourth-order valence-corrected chi connectivity index (χ4v) is 2.95. The van der Waals surface area contributed by atoms with Crippen LogP contribution in [0, 0.1) is 0 Å². The number of hydrogen-bond acceptors (Lipinski definition) is 2. The molecule has 4 heteroatoms. The van der Waals surface area contributed by atoms with E-state index in [4.69, 9.17) is 16.0 Å². The van der Waals surface area contributed by atoms with Gasteiger partial charge in [-0.25, -0.2) is 0 Å². The minimum Gasteiger partial charge on any atom is -0.457 e. The molecule has 1 heterocycles. The largest absolute Gasteiger partial charge is 0.457 e. The van der Waals surface area contributed by atoms with Gasteiger partial charge in [0.05, 0.1) is 0 Å². The van der Waals surface area contributed by atoms with Crippen molar-refractivity contribution in [1.82, 2.24) is 5.32 Å². The number of carbonyl (C=O) groups excluding carboxylic acids is 1. The Bertz CT molecular complexity index is 668. The predicted molar refractivity (Wildman–Crippen MR) is 85.3 cm³/mol. The fraction of sp³-hybridized carbons (Fsp3) is 0.353. The zero-order valence-electron chi connectivity index (χ0n) is 11.8. The summed E-state index contributed by atoms with van der Waals surface area (Å²) in [6.07, 6.45) is 9.10. The van der Waals surface area contributed by atoms with Gasteiger partial charge in [-0.2, -0.15) is 0 Å². The zero-order chi connectivity index (χ0) is 14.7. The van der Waals surface area contributed by atoms with Gasteiger partial charge in [-0.05, 0) is 43.2 Å². The average Bonchev–Trinajstić information content (AvgIpc) is 2.88. The summed E-state index contributed by atoms with van der Waals surface area (Å²) in [6.45, 7) is 0. The number of hydrogen-bond donors (Lipinski definition) is 1. The van der Waals surface area contributed by atoms with Crippen molar-refractivity contribution in [2.75, 3.05) is 0 Å². The topological polar surface area (TPSA) is 42.2 Å². The highest BCUT2D eigenvalue weighted by atomic mass is 35.5. The van der Waals surface area contributed by atoms with E-state index in [0.29, 0.717) is 16.8 Å². The molecule has 2 aromatic rings. The minimum atomic E-state index is -0.0552. The van der Waals surface area contributed by atoms with Crippen molar-refractivity contribution in [2.45, 2.75) is 38.1 Å². The fourth-order valence-electron chi connectivity index (χ4n) is 2.77. The maximum atomic E-state index is 11.9. The predicted octanol–water partition coefficient (Wildman–Crippen LogP) is 4.55. The van der Waals surface area contributed by atoms with Gasteiger partial charge in [0.2, 0.25) is 5.91 Å². The van der Waals surface area contributed by atoms with Crippen LogP contribution in [-0.4, -0.2) is 11.9 Å². The number of fused-ring (bicyclic) bond motifs is 1. The molecule has 0 unspecified atom stereocenters. The number of halogens is 1. The van der Waals surface area contributed by atoms with Crippen molar-refractivity contribution < 1.29 is 9.21 Å². The van der Waals surface area contributed by atoms with E-state index in [1.807, 2.05) is 18.2 Å². The van der Waals surface area contributed by atoms with Crippen molar-refractivity contribution in [3.8, 4) is 0 Å². The second-order valence-corrected chi connectivity index (χ2v) is 5.94. The molecule has 1 N–H and O–H groups in total. The van der Waals surface area contributed by atoms with E-state index in [2.05, 4.69) is 5.32 Å². The van der Waals surface area contributed by atoms with Crippen LogP contribution in [0.2, 0.25) is 5.02 Å². The van der Waals surface area contributed by atoms with Crippen molar-refractivity contribution >= 4 is 34.6 Å². The molecule has 0 atom stereocenters. The highest BCUT2D eigenvalue weighted by Gasteiger charge is 2.14. The lowest BCUT2D eigenvalue weighted by Crippen LogP contribution is -2.34. The molecule has 110 valence electrons. The van der Waals surface area contributed by atoms with Crippen molar-refractivity contribution in [2.24, 2.45) is 0 Å². The Kier molecular flexibility index (Phi) is 4.30. The number of nitrogens with one attached hydrogen (secondary N) is 1. The Balaban J connectivity index is 1.64. The molecule has 0 aliphatic heterocycles. The molecular weight excluding hydrogens is 286 g/mol. The Hall–Kier alpha value is -1.74. The molecule has 1 aliphatic carbocycles.